The Hall–Kier alpha value is -1.58. The van der Waals surface area contributed by atoms with Gasteiger partial charge in [0.05, 0.1) is 5.56 Å². The van der Waals surface area contributed by atoms with E-state index >= 15 is 0 Å². The monoisotopic (exact) mass is 260 g/mol. The van der Waals surface area contributed by atoms with Crippen LogP contribution in [0.15, 0.2) is 18.3 Å². The summed E-state index contributed by atoms with van der Waals surface area (Å²) in [6.07, 6.45) is 6.61. The van der Waals surface area contributed by atoms with Crippen LogP contribution in [0.4, 0.5) is 5.82 Å². The molecular formula is C15H24N4. The van der Waals surface area contributed by atoms with E-state index in [-0.39, 0.29) is 5.84 Å². The number of anilines is 1. The van der Waals surface area contributed by atoms with Gasteiger partial charge in [0.15, 0.2) is 0 Å². The maximum Gasteiger partial charge on any atom is 0.139 e. The van der Waals surface area contributed by atoms with Crippen molar-refractivity contribution in [3.63, 3.8) is 0 Å². The number of nitrogens with two attached hydrogens (primary N) is 1. The number of nitrogen functional groups attached to an aromatic ring is 1. The fraction of sp³-hybridized carbons (Fsp3) is 0.600. The summed E-state index contributed by atoms with van der Waals surface area (Å²) in [6.45, 7) is 4.68. The SMILES string of the molecule is CN(c1ncccc1C(=N)N)C1CCC(C)(C)CC1. The Kier molecular flexibility index (Phi) is 3.78. The molecule has 1 aromatic heterocycles. The lowest BCUT2D eigenvalue weighted by Crippen LogP contribution is -2.38. The van der Waals surface area contributed by atoms with Gasteiger partial charge in [-0.1, -0.05) is 13.8 Å². The topological polar surface area (TPSA) is 66.0 Å². The quantitative estimate of drug-likeness (QED) is 0.648. The lowest BCUT2D eigenvalue weighted by molar-refractivity contribution is 0.222. The van der Waals surface area contributed by atoms with Gasteiger partial charge in [-0.25, -0.2) is 4.98 Å². The minimum Gasteiger partial charge on any atom is -0.384 e. The molecular weight excluding hydrogens is 236 g/mol. The third-order valence-corrected chi connectivity index (χ3v) is 4.27. The van der Waals surface area contributed by atoms with E-state index in [0.717, 1.165) is 11.4 Å². The van der Waals surface area contributed by atoms with Crippen LogP contribution < -0.4 is 10.6 Å². The van der Waals surface area contributed by atoms with Crippen LogP contribution in [0, 0.1) is 10.8 Å². The number of nitrogens with one attached hydrogen (secondary N) is 1. The molecule has 0 aromatic carbocycles. The summed E-state index contributed by atoms with van der Waals surface area (Å²) < 4.78 is 0. The van der Waals surface area contributed by atoms with Crippen molar-refractivity contribution in [2.75, 3.05) is 11.9 Å². The molecule has 0 bridgehead atoms. The number of hydrogen-bond acceptors (Lipinski definition) is 3. The van der Waals surface area contributed by atoms with Gasteiger partial charge in [0.2, 0.25) is 0 Å². The van der Waals surface area contributed by atoms with Crippen molar-refractivity contribution in [2.24, 2.45) is 11.1 Å². The van der Waals surface area contributed by atoms with E-state index in [1.807, 2.05) is 12.1 Å². The number of pyridine rings is 1. The van der Waals surface area contributed by atoms with E-state index < -0.39 is 0 Å². The second-order valence-electron chi connectivity index (χ2n) is 6.29. The fourth-order valence-corrected chi connectivity index (χ4v) is 2.83. The normalized spacial score (nSPS) is 19.1. The molecule has 1 fully saturated rings. The van der Waals surface area contributed by atoms with Gasteiger partial charge >= 0.3 is 0 Å². The maximum absolute atomic E-state index is 7.66. The van der Waals surface area contributed by atoms with Gasteiger partial charge in [0, 0.05) is 19.3 Å². The van der Waals surface area contributed by atoms with E-state index in [1.54, 1.807) is 6.20 Å². The third-order valence-electron chi connectivity index (χ3n) is 4.27. The van der Waals surface area contributed by atoms with Gasteiger partial charge in [0.25, 0.3) is 0 Å². The molecule has 104 valence electrons. The zero-order valence-corrected chi connectivity index (χ0v) is 12.1. The average molecular weight is 260 g/mol. The fourth-order valence-electron chi connectivity index (χ4n) is 2.83. The molecule has 1 aliphatic rings. The van der Waals surface area contributed by atoms with Crippen molar-refractivity contribution < 1.29 is 0 Å². The van der Waals surface area contributed by atoms with E-state index in [1.165, 1.54) is 25.7 Å². The highest BCUT2D eigenvalue weighted by molar-refractivity contribution is 5.99. The van der Waals surface area contributed by atoms with Crippen LogP contribution in [-0.4, -0.2) is 23.9 Å². The van der Waals surface area contributed by atoms with Crippen molar-refractivity contribution >= 4 is 11.7 Å². The van der Waals surface area contributed by atoms with Crippen LogP contribution in [0.3, 0.4) is 0 Å². The number of rotatable bonds is 3. The lowest BCUT2D eigenvalue weighted by Gasteiger charge is -2.39. The Morgan fingerprint density at radius 3 is 2.63 bits per heavy atom. The summed E-state index contributed by atoms with van der Waals surface area (Å²) in [5.74, 6) is 0.922. The van der Waals surface area contributed by atoms with E-state index in [9.17, 15) is 0 Å². The molecule has 0 unspecified atom stereocenters. The summed E-state index contributed by atoms with van der Waals surface area (Å²) in [7, 11) is 2.07. The number of amidine groups is 1. The van der Waals surface area contributed by atoms with Gasteiger partial charge in [-0.15, -0.1) is 0 Å². The molecule has 0 aliphatic heterocycles. The molecule has 0 atom stereocenters. The predicted molar refractivity (Wildman–Crippen MR) is 79.7 cm³/mol. The average Bonchev–Trinajstić information content (AvgIpc) is 2.38. The molecule has 0 spiro atoms. The molecule has 4 heteroatoms. The Labute approximate surface area is 115 Å². The Morgan fingerprint density at radius 2 is 2.05 bits per heavy atom. The zero-order chi connectivity index (χ0) is 14.0. The Balaban J connectivity index is 2.17. The van der Waals surface area contributed by atoms with Crippen LogP contribution in [0.2, 0.25) is 0 Å². The van der Waals surface area contributed by atoms with Gasteiger partial charge in [0.1, 0.15) is 11.7 Å². The Bertz CT molecular complexity index is 457. The van der Waals surface area contributed by atoms with Crippen LogP contribution >= 0.6 is 0 Å². The summed E-state index contributed by atoms with van der Waals surface area (Å²) in [5.41, 5.74) is 6.84. The van der Waals surface area contributed by atoms with Crippen LogP contribution in [0.1, 0.15) is 45.1 Å². The zero-order valence-electron chi connectivity index (χ0n) is 12.1. The number of nitrogens with zero attached hydrogens (tertiary/aromatic N) is 2. The molecule has 1 heterocycles. The van der Waals surface area contributed by atoms with Crippen LogP contribution in [0.25, 0.3) is 0 Å². The first-order valence-corrected chi connectivity index (χ1v) is 6.93. The smallest absolute Gasteiger partial charge is 0.139 e. The van der Waals surface area contributed by atoms with E-state index in [2.05, 4.69) is 30.8 Å². The molecule has 1 saturated carbocycles. The molecule has 1 aromatic rings. The van der Waals surface area contributed by atoms with Crippen LogP contribution in [0.5, 0.6) is 0 Å². The van der Waals surface area contributed by atoms with Gasteiger partial charge in [-0.3, -0.25) is 5.41 Å². The molecule has 0 amide bonds. The second-order valence-corrected chi connectivity index (χ2v) is 6.29. The summed E-state index contributed by atoms with van der Waals surface area (Å²) in [6, 6.07) is 4.20. The molecule has 2 rings (SSSR count). The van der Waals surface area contributed by atoms with E-state index in [4.69, 9.17) is 11.1 Å². The number of aromatic nitrogens is 1. The van der Waals surface area contributed by atoms with Crippen molar-refractivity contribution in [1.82, 2.24) is 4.98 Å². The molecule has 0 radical (unpaired) electrons. The first kappa shape index (κ1) is 13.8. The maximum atomic E-state index is 7.66. The minimum absolute atomic E-state index is 0.0890. The van der Waals surface area contributed by atoms with Gasteiger partial charge in [-0.05, 0) is 43.2 Å². The first-order chi connectivity index (χ1) is 8.91. The van der Waals surface area contributed by atoms with E-state index in [0.29, 0.717) is 11.5 Å². The third kappa shape index (κ3) is 3.06. The summed E-state index contributed by atoms with van der Waals surface area (Å²) in [5, 5.41) is 7.66. The van der Waals surface area contributed by atoms with Crippen molar-refractivity contribution in [1.29, 1.82) is 5.41 Å². The molecule has 19 heavy (non-hydrogen) atoms. The largest absolute Gasteiger partial charge is 0.384 e. The number of hydrogen-bond donors (Lipinski definition) is 2. The highest BCUT2D eigenvalue weighted by atomic mass is 15.2. The minimum atomic E-state index is 0.0890. The molecule has 1 aliphatic carbocycles. The highest BCUT2D eigenvalue weighted by Gasteiger charge is 2.30. The molecule has 0 saturated heterocycles. The van der Waals surface area contributed by atoms with Crippen molar-refractivity contribution in [2.45, 2.75) is 45.6 Å². The van der Waals surface area contributed by atoms with Gasteiger partial charge in [-0.2, -0.15) is 0 Å². The predicted octanol–water partition coefficient (Wildman–Crippen LogP) is 2.77. The van der Waals surface area contributed by atoms with Crippen molar-refractivity contribution in [3.05, 3.63) is 23.9 Å². The van der Waals surface area contributed by atoms with Gasteiger partial charge < -0.3 is 10.6 Å². The van der Waals surface area contributed by atoms with Crippen LogP contribution in [-0.2, 0) is 0 Å². The first-order valence-electron chi connectivity index (χ1n) is 6.93. The Morgan fingerprint density at radius 1 is 1.42 bits per heavy atom. The molecule has 4 nitrogen and oxygen atoms in total. The van der Waals surface area contributed by atoms with Crippen molar-refractivity contribution in [3.8, 4) is 0 Å². The second kappa shape index (κ2) is 5.19. The summed E-state index contributed by atoms with van der Waals surface area (Å²) in [4.78, 5) is 6.62. The lowest BCUT2D eigenvalue weighted by atomic mass is 9.75. The summed E-state index contributed by atoms with van der Waals surface area (Å²) >= 11 is 0. The highest BCUT2D eigenvalue weighted by Crippen LogP contribution is 2.37. The standard InChI is InChI=1S/C15H24N4/c1-15(2)8-6-11(7-9-15)19(3)14-12(13(16)17)5-4-10-18-14/h4-5,10-11H,6-9H2,1-3H3,(H3,16,17). The molecule has 3 N–H and O–H groups in total.